The van der Waals surface area contributed by atoms with Crippen LogP contribution in [0.5, 0.6) is 0 Å². The number of rotatable bonds is 5. The van der Waals surface area contributed by atoms with Crippen molar-refractivity contribution in [2.24, 2.45) is 0 Å². The van der Waals surface area contributed by atoms with Crippen LogP contribution >= 0.6 is 0 Å². The summed E-state index contributed by atoms with van der Waals surface area (Å²) in [6.45, 7) is 6.14. The van der Waals surface area contributed by atoms with E-state index < -0.39 is 6.10 Å². The number of aliphatic hydroxyl groups is 1. The molecule has 1 aromatic heterocycles. The van der Waals surface area contributed by atoms with Gasteiger partial charge in [0.15, 0.2) is 5.82 Å². The molecule has 1 N–H and O–H groups in total. The Morgan fingerprint density at radius 1 is 1.32 bits per heavy atom. The molecule has 0 aliphatic heterocycles. The molecule has 102 valence electrons. The lowest BCUT2D eigenvalue weighted by Crippen LogP contribution is -1.99. The first-order chi connectivity index (χ1) is 9.10. The van der Waals surface area contributed by atoms with Gasteiger partial charge in [0.1, 0.15) is 6.10 Å². The van der Waals surface area contributed by atoms with Gasteiger partial charge in [-0.2, -0.15) is 4.98 Å². The summed E-state index contributed by atoms with van der Waals surface area (Å²) in [4.78, 5) is 4.27. The first-order valence-electron chi connectivity index (χ1n) is 6.66. The molecule has 4 nitrogen and oxygen atoms in total. The van der Waals surface area contributed by atoms with Crippen molar-refractivity contribution in [3.8, 4) is 0 Å². The zero-order chi connectivity index (χ0) is 13.8. The van der Waals surface area contributed by atoms with Crippen LogP contribution in [0.15, 0.2) is 22.7 Å². The largest absolute Gasteiger partial charge is 0.385 e. The van der Waals surface area contributed by atoms with Gasteiger partial charge in [0.05, 0.1) is 6.42 Å². The van der Waals surface area contributed by atoms with E-state index in [1.165, 1.54) is 16.7 Å². The van der Waals surface area contributed by atoms with Gasteiger partial charge in [0, 0.05) is 0 Å². The molecule has 1 unspecified atom stereocenters. The minimum absolute atomic E-state index is 0.391. The number of nitrogens with zero attached hydrogens (tertiary/aromatic N) is 2. The highest BCUT2D eigenvalue weighted by Gasteiger charge is 2.15. The van der Waals surface area contributed by atoms with E-state index in [-0.39, 0.29) is 0 Å². The molecule has 0 saturated heterocycles. The minimum Gasteiger partial charge on any atom is -0.385 e. The Bertz CT molecular complexity index is 549. The Balaban J connectivity index is 2.13. The van der Waals surface area contributed by atoms with Gasteiger partial charge in [0.25, 0.3) is 0 Å². The summed E-state index contributed by atoms with van der Waals surface area (Å²) in [5.41, 5.74) is 3.60. The maximum absolute atomic E-state index is 9.81. The van der Waals surface area contributed by atoms with Gasteiger partial charge in [0.2, 0.25) is 5.89 Å². The fraction of sp³-hybridized carbons (Fsp3) is 0.467. The summed E-state index contributed by atoms with van der Waals surface area (Å²) < 4.78 is 5.21. The number of aliphatic hydroxyl groups excluding tert-OH is 1. The number of hydrogen-bond donors (Lipinski definition) is 1. The molecule has 0 radical (unpaired) electrons. The molecule has 0 aliphatic rings. The van der Waals surface area contributed by atoms with E-state index in [4.69, 9.17) is 4.52 Å². The molecule has 1 aromatic carbocycles. The van der Waals surface area contributed by atoms with Crippen molar-refractivity contribution in [1.29, 1.82) is 0 Å². The smallest absolute Gasteiger partial charge is 0.231 e. The van der Waals surface area contributed by atoms with E-state index in [9.17, 15) is 5.11 Å². The highest BCUT2D eigenvalue weighted by atomic mass is 16.5. The van der Waals surface area contributed by atoms with Crippen LogP contribution in [0, 0.1) is 13.8 Å². The SMILES string of the molecule is CCCC(O)c1noc(Cc2cc(C)ccc2C)n1. The highest BCUT2D eigenvalue weighted by molar-refractivity contribution is 5.32. The van der Waals surface area contributed by atoms with Crippen molar-refractivity contribution in [3.05, 3.63) is 46.6 Å². The standard InChI is InChI=1S/C15H20N2O2/c1-4-5-13(18)15-16-14(19-17-15)9-12-8-10(2)6-7-11(12)3/h6-8,13,18H,4-5,9H2,1-3H3. The van der Waals surface area contributed by atoms with Gasteiger partial charge in [-0.05, 0) is 31.4 Å². The minimum atomic E-state index is -0.624. The molecule has 2 aromatic rings. The van der Waals surface area contributed by atoms with Crippen LogP contribution in [0.2, 0.25) is 0 Å². The topological polar surface area (TPSA) is 59.2 Å². The van der Waals surface area contributed by atoms with Gasteiger partial charge in [-0.15, -0.1) is 0 Å². The van der Waals surface area contributed by atoms with E-state index in [0.29, 0.717) is 24.6 Å². The van der Waals surface area contributed by atoms with Crippen molar-refractivity contribution in [2.75, 3.05) is 0 Å². The quantitative estimate of drug-likeness (QED) is 0.897. The Morgan fingerprint density at radius 2 is 2.11 bits per heavy atom. The summed E-state index contributed by atoms with van der Waals surface area (Å²) in [5, 5.41) is 13.7. The molecular formula is C15H20N2O2. The lowest BCUT2D eigenvalue weighted by molar-refractivity contribution is 0.153. The molecule has 4 heteroatoms. The van der Waals surface area contributed by atoms with E-state index in [1.807, 2.05) is 6.92 Å². The second-order valence-corrected chi connectivity index (χ2v) is 4.96. The van der Waals surface area contributed by atoms with Crippen molar-refractivity contribution in [3.63, 3.8) is 0 Å². The average molecular weight is 260 g/mol. The summed E-state index contributed by atoms with van der Waals surface area (Å²) in [7, 11) is 0. The molecule has 1 atom stereocenters. The third-order valence-corrected chi connectivity index (χ3v) is 3.19. The van der Waals surface area contributed by atoms with Crippen LogP contribution in [0.4, 0.5) is 0 Å². The summed E-state index contributed by atoms with van der Waals surface area (Å²) in [6.07, 6.45) is 1.53. The molecule has 2 rings (SSSR count). The summed E-state index contributed by atoms with van der Waals surface area (Å²) in [6, 6.07) is 6.30. The second-order valence-electron chi connectivity index (χ2n) is 4.96. The first-order valence-corrected chi connectivity index (χ1v) is 6.66. The summed E-state index contributed by atoms with van der Waals surface area (Å²) >= 11 is 0. The molecule has 1 heterocycles. The van der Waals surface area contributed by atoms with Crippen LogP contribution in [-0.4, -0.2) is 15.2 Å². The van der Waals surface area contributed by atoms with Crippen LogP contribution in [0.25, 0.3) is 0 Å². The second kappa shape index (κ2) is 5.97. The molecule has 19 heavy (non-hydrogen) atoms. The molecule has 0 aliphatic carbocycles. The first kappa shape index (κ1) is 13.7. The van der Waals surface area contributed by atoms with Gasteiger partial charge in [-0.1, -0.05) is 42.3 Å². The van der Waals surface area contributed by atoms with Crippen LogP contribution in [0.1, 0.15) is 54.3 Å². The molecule has 0 amide bonds. The van der Waals surface area contributed by atoms with E-state index in [0.717, 1.165) is 6.42 Å². The zero-order valence-electron chi connectivity index (χ0n) is 11.7. The molecule has 0 fully saturated rings. The van der Waals surface area contributed by atoms with Crippen molar-refractivity contribution < 1.29 is 9.63 Å². The maximum Gasteiger partial charge on any atom is 0.231 e. The average Bonchev–Trinajstić information content (AvgIpc) is 2.83. The van der Waals surface area contributed by atoms with Crippen LogP contribution in [0.3, 0.4) is 0 Å². The van der Waals surface area contributed by atoms with E-state index in [2.05, 4.69) is 42.2 Å². The maximum atomic E-state index is 9.81. The fourth-order valence-corrected chi connectivity index (χ4v) is 2.03. The predicted molar refractivity (Wildman–Crippen MR) is 72.9 cm³/mol. The Kier molecular flexibility index (Phi) is 4.32. The number of benzene rings is 1. The predicted octanol–water partition coefficient (Wildman–Crippen LogP) is 3.11. The summed E-state index contributed by atoms with van der Waals surface area (Å²) in [5.74, 6) is 0.945. The third kappa shape index (κ3) is 3.41. The van der Waals surface area contributed by atoms with Gasteiger partial charge in [-0.25, -0.2) is 0 Å². The van der Waals surface area contributed by atoms with Crippen LogP contribution in [-0.2, 0) is 6.42 Å². The third-order valence-electron chi connectivity index (χ3n) is 3.19. The molecule has 0 spiro atoms. The highest BCUT2D eigenvalue weighted by Crippen LogP contribution is 2.18. The molecule has 0 bridgehead atoms. The van der Waals surface area contributed by atoms with Crippen molar-refractivity contribution in [2.45, 2.75) is 46.1 Å². The lowest BCUT2D eigenvalue weighted by Gasteiger charge is -2.04. The number of aromatic nitrogens is 2. The van der Waals surface area contributed by atoms with Crippen molar-refractivity contribution in [1.82, 2.24) is 10.1 Å². The molecule has 0 saturated carbocycles. The Labute approximate surface area is 113 Å². The Hall–Kier alpha value is -1.68. The lowest BCUT2D eigenvalue weighted by atomic mass is 10.0. The van der Waals surface area contributed by atoms with Gasteiger partial charge >= 0.3 is 0 Å². The normalized spacial score (nSPS) is 12.6. The monoisotopic (exact) mass is 260 g/mol. The van der Waals surface area contributed by atoms with E-state index >= 15 is 0 Å². The van der Waals surface area contributed by atoms with Gasteiger partial charge < -0.3 is 9.63 Å². The van der Waals surface area contributed by atoms with Crippen LogP contribution < -0.4 is 0 Å². The molecular weight excluding hydrogens is 240 g/mol. The zero-order valence-corrected chi connectivity index (χ0v) is 11.7. The van der Waals surface area contributed by atoms with Crippen molar-refractivity contribution >= 4 is 0 Å². The fourth-order valence-electron chi connectivity index (χ4n) is 2.03. The van der Waals surface area contributed by atoms with E-state index in [1.54, 1.807) is 0 Å². The Morgan fingerprint density at radius 3 is 2.84 bits per heavy atom. The number of aryl methyl sites for hydroxylation is 2. The van der Waals surface area contributed by atoms with Gasteiger partial charge in [-0.3, -0.25) is 0 Å². The number of hydrogen-bond acceptors (Lipinski definition) is 4.